The summed E-state index contributed by atoms with van der Waals surface area (Å²) in [4.78, 5) is 28.6. The number of ether oxygens (including phenoxy) is 2. The van der Waals surface area contributed by atoms with E-state index in [0.29, 0.717) is 28.9 Å². The molecule has 4 aromatic rings. The lowest BCUT2D eigenvalue weighted by Gasteiger charge is -2.09. The number of nitrogens with zero attached hydrogens (tertiary/aromatic N) is 1. The molecule has 0 saturated carbocycles. The largest absolute Gasteiger partial charge is 0.508 e. The molecule has 7 nitrogen and oxygen atoms in total. The normalized spacial score (nSPS) is 10.8. The number of aromatic hydroxyl groups is 1. The molecule has 0 aliphatic heterocycles. The summed E-state index contributed by atoms with van der Waals surface area (Å²) in [6.07, 6.45) is 0. The van der Waals surface area contributed by atoms with E-state index in [1.165, 1.54) is 18.2 Å². The number of phenols is 1. The molecule has 152 valence electrons. The SMILES string of the molecule is Cc1nc(COc2cccc(C(=O)OCc3cc(=O)oc4cc(O)ccc34)c2)cs1. The van der Waals surface area contributed by atoms with Gasteiger partial charge in [-0.1, -0.05) is 6.07 Å². The second-order valence-corrected chi connectivity index (χ2v) is 7.58. The minimum absolute atomic E-state index is 0.0237. The van der Waals surface area contributed by atoms with E-state index in [4.69, 9.17) is 13.9 Å². The van der Waals surface area contributed by atoms with Gasteiger partial charge in [-0.3, -0.25) is 0 Å². The molecule has 2 aromatic carbocycles. The zero-order valence-electron chi connectivity index (χ0n) is 16.0. The first-order valence-corrected chi connectivity index (χ1v) is 9.92. The number of fused-ring (bicyclic) bond motifs is 1. The van der Waals surface area contributed by atoms with Gasteiger partial charge < -0.3 is 19.0 Å². The molecule has 1 N–H and O–H groups in total. The van der Waals surface area contributed by atoms with E-state index in [-0.39, 0.29) is 17.9 Å². The Hall–Kier alpha value is -3.65. The van der Waals surface area contributed by atoms with Crippen molar-refractivity contribution >= 4 is 28.3 Å². The van der Waals surface area contributed by atoms with Crippen LogP contribution in [0.15, 0.2) is 63.1 Å². The lowest BCUT2D eigenvalue weighted by atomic mass is 10.1. The Bertz CT molecular complexity index is 1280. The van der Waals surface area contributed by atoms with Gasteiger partial charge >= 0.3 is 11.6 Å². The van der Waals surface area contributed by atoms with Crippen LogP contribution in [0, 0.1) is 6.92 Å². The maximum Gasteiger partial charge on any atom is 0.338 e. The van der Waals surface area contributed by atoms with Crippen LogP contribution in [0.4, 0.5) is 0 Å². The molecule has 0 aliphatic rings. The number of hydrogen-bond acceptors (Lipinski definition) is 8. The lowest BCUT2D eigenvalue weighted by Crippen LogP contribution is -2.08. The second-order valence-electron chi connectivity index (χ2n) is 6.52. The number of carbonyl (C=O) groups is 1. The van der Waals surface area contributed by atoms with E-state index >= 15 is 0 Å². The Morgan fingerprint density at radius 1 is 1.17 bits per heavy atom. The molecule has 0 radical (unpaired) electrons. The van der Waals surface area contributed by atoms with Gasteiger partial charge in [-0.2, -0.15) is 0 Å². The van der Waals surface area contributed by atoms with Gasteiger partial charge in [0.1, 0.15) is 30.3 Å². The van der Waals surface area contributed by atoms with Crippen molar-refractivity contribution in [2.75, 3.05) is 0 Å². The van der Waals surface area contributed by atoms with Gasteiger partial charge in [-0.25, -0.2) is 14.6 Å². The fraction of sp³-hybridized carbons (Fsp3) is 0.136. The van der Waals surface area contributed by atoms with Crippen molar-refractivity contribution in [1.82, 2.24) is 4.98 Å². The standard InChI is InChI=1S/C22H17NO6S/c1-13-23-16(12-30-13)11-27-18-4-2-3-14(7-18)22(26)28-10-15-8-21(25)29-20-9-17(24)5-6-19(15)20/h2-9,12,24H,10-11H2,1H3. The van der Waals surface area contributed by atoms with Crippen LogP contribution in [0.3, 0.4) is 0 Å². The molecule has 0 saturated heterocycles. The van der Waals surface area contributed by atoms with Crippen LogP contribution in [0.1, 0.15) is 26.6 Å². The smallest absolute Gasteiger partial charge is 0.338 e. The van der Waals surface area contributed by atoms with Gasteiger partial charge in [0.2, 0.25) is 0 Å². The maximum atomic E-state index is 12.5. The monoisotopic (exact) mass is 423 g/mol. The average Bonchev–Trinajstić information content (AvgIpc) is 3.15. The summed E-state index contributed by atoms with van der Waals surface area (Å²) in [7, 11) is 0. The summed E-state index contributed by atoms with van der Waals surface area (Å²) in [5.41, 5.74) is 1.27. The van der Waals surface area contributed by atoms with Crippen LogP contribution in [0.25, 0.3) is 11.0 Å². The predicted molar refractivity (Wildman–Crippen MR) is 111 cm³/mol. The number of hydrogen-bond donors (Lipinski definition) is 1. The fourth-order valence-electron chi connectivity index (χ4n) is 2.91. The molecule has 0 spiro atoms. The summed E-state index contributed by atoms with van der Waals surface area (Å²) in [6, 6.07) is 12.3. The molecule has 2 aromatic heterocycles. The molecule has 2 heterocycles. The number of carbonyl (C=O) groups excluding carboxylic acids is 1. The van der Waals surface area contributed by atoms with E-state index in [2.05, 4.69) is 4.98 Å². The summed E-state index contributed by atoms with van der Waals surface area (Å²) in [6.45, 7) is 2.11. The predicted octanol–water partition coefficient (Wildman–Crippen LogP) is 4.20. The van der Waals surface area contributed by atoms with Crippen molar-refractivity contribution in [3.8, 4) is 11.5 Å². The Morgan fingerprint density at radius 2 is 2.03 bits per heavy atom. The van der Waals surface area contributed by atoms with E-state index < -0.39 is 11.6 Å². The van der Waals surface area contributed by atoms with Crippen LogP contribution < -0.4 is 10.4 Å². The molecule has 0 aliphatic carbocycles. The van der Waals surface area contributed by atoms with Crippen LogP contribution in [0.2, 0.25) is 0 Å². The van der Waals surface area contributed by atoms with Gasteiger partial charge in [0.15, 0.2) is 0 Å². The Kier molecular flexibility index (Phi) is 5.49. The summed E-state index contributed by atoms with van der Waals surface area (Å²) < 4.78 is 16.2. The van der Waals surface area contributed by atoms with E-state index in [9.17, 15) is 14.7 Å². The highest BCUT2D eigenvalue weighted by Gasteiger charge is 2.12. The highest BCUT2D eigenvalue weighted by molar-refractivity contribution is 7.09. The van der Waals surface area contributed by atoms with Gasteiger partial charge in [0.05, 0.1) is 16.3 Å². The molecule has 30 heavy (non-hydrogen) atoms. The first-order valence-electron chi connectivity index (χ1n) is 9.05. The van der Waals surface area contributed by atoms with Crippen LogP contribution in [-0.4, -0.2) is 16.1 Å². The minimum Gasteiger partial charge on any atom is -0.508 e. The Morgan fingerprint density at radius 3 is 2.83 bits per heavy atom. The van der Waals surface area contributed by atoms with Gasteiger partial charge in [-0.05, 0) is 37.3 Å². The average molecular weight is 423 g/mol. The van der Waals surface area contributed by atoms with Crippen molar-refractivity contribution in [2.45, 2.75) is 20.1 Å². The van der Waals surface area contributed by atoms with Crippen molar-refractivity contribution < 1.29 is 23.8 Å². The van der Waals surface area contributed by atoms with E-state index in [1.54, 1.807) is 41.7 Å². The lowest BCUT2D eigenvalue weighted by molar-refractivity contribution is 0.0473. The Labute approximate surface area is 175 Å². The molecule has 0 amide bonds. The molecule has 0 fully saturated rings. The number of aromatic nitrogens is 1. The highest BCUT2D eigenvalue weighted by atomic mass is 32.1. The van der Waals surface area contributed by atoms with Crippen molar-refractivity contribution in [1.29, 1.82) is 0 Å². The zero-order chi connectivity index (χ0) is 21.1. The number of phenolic OH excluding ortho intramolecular Hbond substituents is 1. The minimum atomic E-state index is -0.591. The molecule has 4 rings (SSSR count). The third-order valence-electron chi connectivity index (χ3n) is 4.30. The van der Waals surface area contributed by atoms with Crippen molar-refractivity contribution in [2.24, 2.45) is 0 Å². The maximum absolute atomic E-state index is 12.5. The third-order valence-corrected chi connectivity index (χ3v) is 5.12. The highest BCUT2D eigenvalue weighted by Crippen LogP contribution is 2.23. The number of thiazole rings is 1. The number of esters is 1. The molecule has 8 heteroatoms. The third kappa shape index (κ3) is 4.49. The zero-order valence-corrected chi connectivity index (χ0v) is 16.8. The molecule has 0 unspecified atom stereocenters. The second kappa shape index (κ2) is 8.38. The van der Waals surface area contributed by atoms with Crippen molar-refractivity contribution in [3.63, 3.8) is 0 Å². The summed E-state index contributed by atoms with van der Waals surface area (Å²) in [5, 5.41) is 13.0. The quantitative estimate of drug-likeness (QED) is 0.366. The van der Waals surface area contributed by atoms with E-state index in [0.717, 1.165) is 10.7 Å². The van der Waals surface area contributed by atoms with E-state index in [1.807, 2.05) is 12.3 Å². The number of benzene rings is 2. The molecule has 0 bridgehead atoms. The number of rotatable bonds is 6. The van der Waals surface area contributed by atoms with Crippen molar-refractivity contribution in [3.05, 3.63) is 86.2 Å². The molecular formula is C22H17NO6S. The van der Waals surface area contributed by atoms with Gasteiger partial charge in [0, 0.05) is 28.5 Å². The summed E-state index contributed by atoms with van der Waals surface area (Å²) in [5.74, 6) is -0.0501. The summed E-state index contributed by atoms with van der Waals surface area (Å²) >= 11 is 1.55. The van der Waals surface area contributed by atoms with Gasteiger partial charge in [-0.15, -0.1) is 11.3 Å². The first-order chi connectivity index (χ1) is 14.5. The Balaban J connectivity index is 1.45. The van der Waals surface area contributed by atoms with Crippen LogP contribution >= 0.6 is 11.3 Å². The molecular weight excluding hydrogens is 406 g/mol. The fourth-order valence-corrected chi connectivity index (χ4v) is 3.51. The molecule has 0 atom stereocenters. The topological polar surface area (TPSA) is 98.9 Å². The number of aryl methyl sites for hydroxylation is 1. The van der Waals surface area contributed by atoms with Crippen LogP contribution in [-0.2, 0) is 18.0 Å². The van der Waals surface area contributed by atoms with Crippen LogP contribution in [0.5, 0.6) is 11.5 Å². The van der Waals surface area contributed by atoms with Gasteiger partial charge in [0.25, 0.3) is 0 Å². The first kappa shape index (κ1) is 19.7.